The van der Waals surface area contributed by atoms with Crippen molar-refractivity contribution in [2.24, 2.45) is 0 Å². The van der Waals surface area contributed by atoms with Crippen LogP contribution in [0.15, 0.2) is 42.5 Å². The van der Waals surface area contributed by atoms with Crippen LogP contribution in [0.3, 0.4) is 0 Å². The van der Waals surface area contributed by atoms with Crippen molar-refractivity contribution < 1.29 is 23.9 Å². The van der Waals surface area contributed by atoms with Gasteiger partial charge in [0.1, 0.15) is 11.8 Å². The quantitative estimate of drug-likeness (QED) is 0.524. The molecular formula is C23H23N3O5. The minimum absolute atomic E-state index is 0.0858. The molecule has 8 nitrogen and oxygen atoms in total. The Labute approximate surface area is 179 Å². The minimum atomic E-state index is -0.987. The molecule has 2 aromatic rings. The van der Waals surface area contributed by atoms with Gasteiger partial charge in [-0.1, -0.05) is 18.2 Å². The van der Waals surface area contributed by atoms with E-state index in [2.05, 4.69) is 10.6 Å². The van der Waals surface area contributed by atoms with Gasteiger partial charge in [-0.2, -0.15) is 0 Å². The molecule has 0 radical (unpaired) electrons. The molecule has 31 heavy (non-hydrogen) atoms. The third-order valence-electron chi connectivity index (χ3n) is 5.54. The molecule has 2 N–H and O–H groups in total. The van der Waals surface area contributed by atoms with Crippen LogP contribution in [0.2, 0.25) is 0 Å². The first-order valence-corrected chi connectivity index (χ1v) is 10.2. The molecule has 160 valence electrons. The van der Waals surface area contributed by atoms with Gasteiger partial charge in [0.25, 0.3) is 11.8 Å². The zero-order valence-electron chi connectivity index (χ0n) is 17.1. The number of carbonyl (C=O) groups excluding carboxylic acids is 4. The number of carbonyl (C=O) groups is 4. The highest BCUT2D eigenvalue weighted by Crippen LogP contribution is 2.33. The van der Waals surface area contributed by atoms with E-state index in [4.69, 9.17) is 4.74 Å². The number of hydrogen-bond donors (Lipinski definition) is 2. The van der Waals surface area contributed by atoms with Gasteiger partial charge in [0.05, 0.1) is 17.7 Å². The molecule has 8 heteroatoms. The molecule has 1 atom stereocenters. The van der Waals surface area contributed by atoms with Crippen molar-refractivity contribution in [2.75, 3.05) is 19.0 Å². The molecule has 0 spiro atoms. The Morgan fingerprint density at radius 3 is 2.55 bits per heavy atom. The molecule has 0 aliphatic carbocycles. The third-order valence-corrected chi connectivity index (χ3v) is 5.54. The molecule has 2 aromatic carbocycles. The van der Waals surface area contributed by atoms with Crippen LogP contribution in [-0.4, -0.2) is 48.2 Å². The fourth-order valence-corrected chi connectivity index (χ4v) is 3.90. The lowest BCUT2D eigenvalue weighted by Gasteiger charge is -2.27. The number of nitrogens with zero attached hydrogens (tertiary/aromatic N) is 1. The van der Waals surface area contributed by atoms with Crippen molar-refractivity contribution in [3.05, 3.63) is 59.2 Å². The smallest absolute Gasteiger partial charge is 0.266 e. The van der Waals surface area contributed by atoms with E-state index < -0.39 is 29.7 Å². The summed E-state index contributed by atoms with van der Waals surface area (Å²) in [6.45, 7) is 0.379. The number of fused-ring (bicyclic) bond motifs is 1. The predicted molar refractivity (Wildman–Crippen MR) is 113 cm³/mol. The number of hydrogen-bond acceptors (Lipinski definition) is 6. The number of ether oxygens (including phenoxy) is 1. The largest absolute Gasteiger partial charge is 0.493 e. The Morgan fingerprint density at radius 2 is 1.84 bits per heavy atom. The monoisotopic (exact) mass is 421 g/mol. The normalized spacial score (nSPS) is 18.1. The average molecular weight is 421 g/mol. The fourth-order valence-electron chi connectivity index (χ4n) is 3.90. The van der Waals surface area contributed by atoms with Crippen LogP contribution in [0.4, 0.5) is 5.69 Å². The van der Waals surface area contributed by atoms with Crippen LogP contribution in [0, 0.1) is 0 Å². The molecule has 1 fully saturated rings. The Balaban J connectivity index is 1.43. The molecule has 4 amide bonds. The second kappa shape index (κ2) is 8.59. The van der Waals surface area contributed by atoms with Gasteiger partial charge in [0, 0.05) is 19.2 Å². The lowest BCUT2D eigenvalue weighted by molar-refractivity contribution is -0.136. The maximum atomic E-state index is 13.0. The summed E-state index contributed by atoms with van der Waals surface area (Å²) in [5.41, 5.74) is 2.62. The molecule has 2 aliphatic rings. The van der Waals surface area contributed by atoms with Crippen LogP contribution >= 0.6 is 0 Å². The molecule has 0 saturated carbocycles. The maximum Gasteiger partial charge on any atom is 0.266 e. The molecule has 1 unspecified atom stereocenters. The number of piperidine rings is 1. The fraction of sp³-hybridized carbons (Fsp3) is 0.304. The first-order valence-electron chi connectivity index (χ1n) is 10.2. The van der Waals surface area contributed by atoms with Crippen molar-refractivity contribution in [3.63, 3.8) is 0 Å². The first-order chi connectivity index (χ1) is 15.0. The molecule has 4 rings (SSSR count). The summed E-state index contributed by atoms with van der Waals surface area (Å²) in [6, 6.07) is 12.0. The van der Waals surface area contributed by atoms with E-state index in [9.17, 15) is 19.2 Å². The van der Waals surface area contributed by atoms with Crippen molar-refractivity contribution in [1.29, 1.82) is 0 Å². The van der Waals surface area contributed by atoms with E-state index in [1.807, 2.05) is 31.3 Å². The predicted octanol–water partition coefficient (Wildman–Crippen LogP) is 2.14. The summed E-state index contributed by atoms with van der Waals surface area (Å²) >= 11 is 0. The number of imide groups is 2. The third kappa shape index (κ3) is 4.01. The van der Waals surface area contributed by atoms with Gasteiger partial charge in [-0.05, 0) is 49.1 Å². The van der Waals surface area contributed by atoms with E-state index in [0.717, 1.165) is 23.4 Å². The summed E-state index contributed by atoms with van der Waals surface area (Å²) in [5.74, 6) is -1.80. The summed E-state index contributed by atoms with van der Waals surface area (Å²) in [6.07, 6.45) is 1.76. The summed E-state index contributed by atoms with van der Waals surface area (Å²) in [4.78, 5) is 50.4. The van der Waals surface area contributed by atoms with Crippen LogP contribution in [0.25, 0.3) is 0 Å². The first kappa shape index (κ1) is 20.6. The van der Waals surface area contributed by atoms with Gasteiger partial charge in [-0.25, -0.2) is 0 Å². The van der Waals surface area contributed by atoms with Crippen molar-refractivity contribution in [3.8, 4) is 5.75 Å². The molecular weight excluding hydrogens is 398 g/mol. The molecule has 0 bridgehead atoms. The number of benzene rings is 2. The molecule has 2 aliphatic heterocycles. The highest BCUT2D eigenvalue weighted by molar-refractivity contribution is 6.24. The highest BCUT2D eigenvalue weighted by Gasteiger charge is 2.45. The molecule has 2 heterocycles. The van der Waals surface area contributed by atoms with E-state index in [1.165, 1.54) is 5.56 Å². The maximum absolute atomic E-state index is 13.0. The number of aryl methyl sites for hydroxylation is 1. The van der Waals surface area contributed by atoms with Gasteiger partial charge >= 0.3 is 0 Å². The average Bonchev–Trinajstić information content (AvgIpc) is 3.03. The van der Waals surface area contributed by atoms with Gasteiger partial charge in [-0.3, -0.25) is 29.4 Å². The van der Waals surface area contributed by atoms with Gasteiger partial charge in [0.2, 0.25) is 11.8 Å². The lowest BCUT2D eigenvalue weighted by Crippen LogP contribution is -2.54. The summed E-state index contributed by atoms with van der Waals surface area (Å²) in [7, 11) is 1.87. The molecule has 0 aromatic heterocycles. The van der Waals surface area contributed by atoms with Gasteiger partial charge in [0.15, 0.2) is 0 Å². The zero-order valence-corrected chi connectivity index (χ0v) is 17.1. The summed E-state index contributed by atoms with van der Waals surface area (Å²) < 4.78 is 5.85. The van der Waals surface area contributed by atoms with Crippen LogP contribution in [0.5, 0.6) is 5.75 Å². The van der Waals surface area contributed by atoms with E-state index in [0.29, 0.717) is 12.4 Å². The van der Waals surface area contributed by atoms with Crippen LogP contribution < -0.4 is 15.4 Å². The van der Waals surface area contributed by atoms with Crippen molar-refractivity contribution in [2.45, 2.75) is 31.7 Å². The van der Waals surface area contributed by atoms with Gasteiger partial charge < -0.3 is 10.1 Å². The number of anilines is 1. The Bertz CT molecular complexity index is 1050. The Hall–Kier alpha value is -3.68. The SMILES string of the molecule is CNc1ccc(CCCOc2cccc3c2C(=O)N(C2CCC(=O)NC2=O)C3=O)cc1. The van der Waals surface area contributed by atoms with Crippen LogP contribution in [-0.2, 0) is 16.0 Å². The van der Waals surface area contributed by atoms with E-state index in [1.54, 1.807) is 18.2 Å². The number of nitrogens with one attached hydrogen (secondary N) is 2. The van der Waals surface area contributed by atoms with E-state index in [-0.39, 0.29) is 24.0 Å². The number of amides is 4. The van der Waals surface area contributed by atoms with E-state index >= 15 is 0 Å². The minimum Gasteiger partial charge on any atom is -0.493 e. The second-order valence-electron chi connectivity index (χ2n) is 7.52. The Morgan fingerprint density at radius 1 is 1.06 bits per heavy atom. The highest BCUT2D eigenvalue weighted by atomic mass is 16.5. The van der Waals surface area contributed by atoms with Crippen LogP contribution in [0.1, 0.15) is 45.5 Å². The zero-order chi connectivity index (χ0) is 22.0. The Kier molecular flexibility index (Phi) is 5.70. The summed E-state index contributed by atoms with van der Waals surface area (Å²) in [5, 5.41) is 5.27. The number of rotatable bonds is 7. The topological polar surface area (TPSA) is 105 Å². The second-order valence-corrected chi connectivity index (χ2v) is 7.52. The van der Waals surface area contributed by atoms with Crippen molar-refractivity contribution >= 4 is 29.3 Å². The van der Waals surface area contributed by atoms with Gasteiger partial charge in [-0.15, -0.1) is 0 Å². The standard InChI is InChI=1S/C23H23N3O5/c1-24-15-9-7-14(8-10-15)4-3-13-31-18-6-2-5-16-20(18)23(30)26(22(16)29)17-11-12-19(27)25-21(17)28/h2,5-10,17,24H,3-4,11-13H2,1H3,(H,25,27,28). The van der Waals surface area contributed by atoms with Crippen molar-refractivity contribution in [1.82, 2.24) is 10.2 Å². The molecule has 1 saturated heterocycles. The lowest BCUT2D eigenvalue weighted by atomic mass is 10.0.